The molecule has 2 aromatic heterocycles. The number of hydrogen-bond donors (Lipinski definition) is 0. The van der Waals surface area contributed by atoms with Crippen molar-refractivity contribution in [3.05, 3.63) is 118 Å². The molecule has 1 amide bonds. The molecule has 2 aromatic carbocycles. The van der Waals surface area contributed by atoms with Crippen LogP contribution >= 0.6 is 11.3 Å². The first-order valence-electron chi connectivity index (χ1n) is 11.6. The number of carbonyl (C=O) groups is 2. The number of benzene rings is 2. The zero-order chi connectivity index (χ0) is 23.8. The molecule has 4 aromatic rings. The van der Waals surface area contributed by atoms with E-state index in [1.165, 1.54) is 0 Å². The molecular weight excluding hydrogens is 442 g/mol. The lowest BCUT2D eigenvalue weighted by molar-refractivity contribution is -0.134. The molecular formula is C29H29NO3S. The molecule has 0 radical (unpaired) electrons. The molecule has 0 spiro atoms. The van der Waals surface area contributed by atoms with E-state index in [9.17, 15) is 9.59 Å². The second-order valence-corrected chi connectivity index (χ2v) is 9.36. The Bertz CT molecular complexity index is 1130. The van der Waals surface area contributed by atoms with Crippen molar-refractivity contribution < 1.29 is 14.0 Å². The molecule has 0 saturated heterocycles. The van der Waals surface area contributed by atoms with E-state index in [0.29, 0.717) is 25.9 Å². The SMILES string of the molecule is CCC(=O)c1ccc(CC[C@@H](C(=O)N(Cc2ccco2)Cc2cccs2)c2ccccc2)cc1. The molecule has 0 bridgehead atoms. The van der Waals surface area contributed by atoms with E-state index in [4.69, 9.17) is 4.42 Å². The van der Waals surface area contributed by atoms with Gasteiger partial charge in [0.15, 0.2) is 5.78 Å². The minimum atomic E-state index is -0.270. The highest BCUT2D eigenvalue weighted by molar-refractivity contribution is 7.09. The van der Waals surface area contributed by atoms with Gasteiger partial charge in [-0.05, 0) is 47.5 Å². The molecule has 2 heterocycles. The lowest BCUT2D eigenvalue weighted by Crippen LogP contribution is -2.34. The summed E-state index contributed by atoms with van der Waals surface area (Å²) in [6, 6.07) is 25.6. The third-order valence-electron chi connectivity index (χ3n) is 5.98. The quantitative estimate of drug-likeness (QED) is 0.224. The second-order valence-electron chi connectivity index (χ2n) is 8.33. The van der Waals surface area contributed by atoms with Gasteiger partial charge in [-0.15, -0.1) is 11.3 Å². The molecule has 174 valence electrons. The fraction of sp³-hybridized carbons (Fsp3) is 0.241. The van der Waals surface area contributed by atoms with Crippen LogP contribution in [0, 0.1) is 0 Å². The smallest absolute Gasteiger partial charge is 0.230 e. The first-order chi connectivity index (χ1) is 16.6. The highest BCUT2D eigenvalue weighted by Gasteiger charge is 2.27. The summed E-state index contributed by atoms with van der Waals surface area (Å²) in [5, 5.41) is 2.03. The van der Waals surface area contributed by atoms with Gasteiger partial charge >= 0.3 is 0 Å². The van der Waals surface area contributed by atoms with E-state index in [1.807, 2.05) is 90.0 Å². The third kappa shape index (κ3) is 6.12. The second kappa shape index (κ2) is 11.6. The van der Waals surface area contributed by atoms with Crippen LogP contribution < -0.4 is 0 Å². The summed E-state index contributed by atoms with van der Waals surface area (Å²) in [5.74, 6) is 0.737. The number of carbonyl (C=O) groups excluding carboxylic acids is 2. The van der Waals surface area contributed by atoms with Crippen LogP contribution in [0.25, 0.3) is 0 Å². The molecule has 0 N–H and O–H groups in total. The van der Waals surface area contributed by atoms with Crippen LogP contribution in [0.15, 0.2) is 94.9 Å². The average Bonchev–Trinajstić information content (AvgIpc) is 3.59. The van der Waals surface area contributed by atoms with Gasteiger partial charge in [0.05, 0.1) is 25.3 Å². The van der Waals surface area contributed by atoms with E-state index in [0.717, 1.165) is 33.7 Å². The van der Waals surface area contributed by atoms with Crippen LogP contribution in [0.5, 0.6) is 0 Å². The Labute approximate surface area is 204 Å². The highest BCUT2D eigenvalue weighted by Crippen LogP contribution is 2.27. The van der Waals surface area contributed by atoms with Crippen molar-refractivity contribution in [2.75, 3.05) is 0 Å². The van der Waals surface area contributed by atoms with Crippen molar-refractivity contribution in [2.45, 2.75) is 45.2 Å². The van der Waals surface area contributed by atoms with Gasteiger partial charge < -0.3 is 9.32 Å². The lowest BCUT2D eigenvalue weighted by Gasteiger charge is -2.27. The van der Waals surface area contributed by atoms with Crippen LogP contribution in [0.2, 0.25) is 0 Å². The molecule has 5 heteroatoms. The van der Waals surface area contributed by atoms with Gasteiger partial charge in [-0.3, -0.25) is 9.59 Å². The van der Waals surface area contributed by atoms with Crippen LogP contribution in [-0.4, -0.2) is 16.6 Å². The molecule has 0 aliphatic rings. The van der Waals surface area contributed by atoms with Crippen molar-refractivity contribution in [3.8, 4) is 0 Å². The molecule has 4 rings (SSSR count). The zero-order valence-corrected chi connectivity index (χ0v) is 20.2. The van der Waals surface area contributed by atoms with Crippen LogP contribution in [-0.2, 0) is 24.3 Å². The summed E-state index contributed by atoms with van der Waals surface area (Å²) in [6.07, 6.45) is 3.58. The molecule has 34 heavy (non-hydrogen) atoms. The number of ketones is 1. The van der Waals surface area contributed by atoms with Crippen molar-refractivity contribution >= 4 is 23.0 Å². The summed E-state index contributed by atoms with van der Waals surface area (Å²) >= 11 is 1.65. The molecule has 0 aliphatic heterocycles. The Morgan fingerprint density at radius 2 is 1.71 bits per heavy atom. The standard InChI is InChI=1S/C29H29NO3S/c1-2-28(31)24-15-12-22(13-16-24)14-17-27(23-8-4-3-5-9-23)29(32)30(20-25-10-6-18-33-25)21-26-11-7-19-34-26/h3-13,15-16,18-19,27H,2,14,17,20-21H2,1H3/t27-/m1/s1. The van der Waals surface area contributed by atoms with Gasteiger partial charge in [-0.2, -0.15) is 0 Å². The van der Waals surface area contributed by atoms with Crippen molar-refractivity contribution in [1.29, 1.82) is 0 Å². The number of Topliss-reactive ketones (excluding diaryl/α,β-unsaturated/α-hetero) is 1. The topological polar surface area (TPSA) is 50.5 Å². The van der Waals surface area contributed by atoms with Crippen LogP contribution in [0.4, 0.5) is 0 Å². The summed E-state index contributed by atoms with van der Waals surface area (Å²) in [5.41, 5.74) is 2.88. The molecule has 0 unspecified atom stereocenters. The van der Waals surface area contributed by atoms with E-state index in [2.05, 4.69) is 6.07 Å². The van der Waals surface area contributed by atoms with Crippen molar-refractivity contribution in [3.63, 3.8) is 0 Å². The lowest BCUT2D eigenvalue weighted by atomic mass is 9.90. The molecule has 0 saturated carbocycles. The third-order valence-corrected chi connectivity index (χ3v) is 6.85. The van der Waals surface area contributed by atoms with Gasteiger partial charge in [0.25, 0.3) is 0 Å². The Morgan fingerprint density at radius 1 is 0.912 bits per heavy atom. The van der Waals surface area contributed by atoms with Gasteiger partial charge in [-0.25, -0.2) is 0 Å². The Balaban J connectivity index is 1.55. The van der Waals surface area contributed by atoms with Crippen molar-refractivity contribution in [2.24, 2.45) is 0 Å². The Morgan fingerprint density at radius 3 is 2.35 bits per heavy atom. The minimum absolute atomic E-state index is 0.0915. The molecule has 0 aliphatic carbocycles. The number of furan rings is 1. The van der Waals surface area contributed by atoms with E-state index in [1.54, 1.807) is 17.6 Å². The summed E-state index contributed by atoms with van der Waals surface area (Å²) < 4.78 is 5.57. The van der Waals surface area contributed by atoms with Crippen LogP contribution in [0.1, 0.15) is 57.8 Å². The summed E-state index contributed by atoms with van der Waals surface area (Å²) in [7, 11) is 0. The average molecular weight is 472 g/mol. The number of hydrogen-bond acceptors (Lipinski definition) is 4. The normalized spacial score (nSPS) is 11.8. The van der Waals surface area contributed by atoms with Gasteiger partial charge in [0.2, 0.25) is 5.91 Å². The monoisotopic (exact) mass is 471 g/mol. The summed E-state index contributed by atoms with van der Waals surface area (Å²) in [4.78, 5) is 28.9. The number of rotatable bonds is 11. The predicted molar refractivity (Wildman–Crippen MR) is 136 cm³/mol. The number of thiophene rings is 1. The number of nitrogens with zero attached hydrogens (tertiary/aromatic N) is 1. The first kappa shape index (κ1) is 23.7. The maximum Gasteiger partial charge on any atom is 0.230 e. The van der Waals surface area contributed by atoms with Gasteiger partial charge in [-0.1, -0.05) is 67.6 Å². The summed E-state index contributed by atoms with van der Waals surface area (Å²) in [6.45, 7) is 2.85. The largest absolute Gasteiger partial charge is 0.467 e. The van der Waals surface area contributed by atoms with Crippen LogP contribution in [0.3, 0.4) is 0 Å². The van der Waals surface area contributed by atoms with Gasteiger partial charge in [0, 0.05) is 16.9 Å². The molecule has 0 fully saturated rings. The Kier molecular flexibility index (Phi) is 8.10. The number of amides is 1. The van der Waals surface area contributed by atoms with Crippen molar-refractivity contribution in [1.82, 2.24) is 4.90 Å². The number of aryl methyl sites for hydroxylation is 1. The highest BCUT2D eigenvalue weighted by atomic mass is 32.1. The minimum Gasteiger partial charge on any atom is -0.467 e. The van der Waals surface area contributed by atoms with E-state index in [-0.39, 0.29) is 17.6 Å². The maximum absolute atomic E-state index is 13.9. The Hall–Kier alpha value is -3.44. The maximum atomic E-state index is 13.9. The van der Waals surface area contributed by atoms with E-state index >= 15 is 0 Å². The fourth-order valence-electron chi connectivity index (χ4n) is 4.10. The fourth-order valence-corrected chi connectivity index (χ4v) is 4.82. The molecule has 1 atom stereocenters. The van der Waals surface area contributed by atoms with Gasteiger partial charge in [0.1, 0.15) is 5.76 Å². The van der Waals surface area contributed by atoms with E-state index < -0.39 is 0 Å². The first-order valence-corrected chi connectivity index (χ1v) is 12.5. The predicted octanol–water partition coefficient (Wildman–Crippen LogP) is 6.88. The zero-order valence-electron chi connectivity index (χ0n) is 19.4. The molecule has 4 nitrogen and oxygen atoms in total.